The van der Waals surface area contributed by atoms with Crippen molar-refractivity contribution in [3.8, 4) is 17.1 Å². The smallest absolute Gasteiger partial charge is 0.335 e. The predicted octanol–water partition coefficient (Wildman–Crippen LogP) is 7.33. The molecule has 0 aliphatic heterocycles. The predicted molar refractivity (Wildman–Crippen MR) is 188 cm³/mol. The molecule has 1 aliphatic carbocycles. The maximum atomic E-state index is 11.5. The fraction of sp³-hybridized carbons (Fsp3) is 0.417. The van der Waals surface area contributed by atoms with E-state index < -0.39 is 5.97 Å². The highest BCUT2D eigenvalue weighted by Gasteiger charge is 2.24. The highest BCUT2D eigenvalue weighted by atomic mass is 32.2. The van der Waals surface area contributed by atoms with Gasteiger partial charge in [-0.1, -0.05) is 45.0 Å². The number of ether oxygens (including phenoxy) is 1. The average molecular weight is 656 g/mol. The summed E-state index contributed by atoms with van der Waals surface area (Å²) >= 11 is 1.25. The van der Waals surface area contributed by atoms with Crippen molar-refractivity contribution in [1.29, 1.82) is 0 Å². The third kappa shape index (κ3) is 9.42. The van der Waals surface area contributed by atoms with Gasteiger partial charge in [-0.15, -0.1) is 0 Å². The number of aromatic carboxylic acids is 1. The molecule has 0 unspecified atom stereocenters. The lowest BCUT2D eigenvalue weighted by Gasteiger charge is -2.35. The molecule has 0 radical (unpaired) electrons. The van der Waals surface area contributed by atoms with Crippen LogP contribution in [0.5, 0.6) is 5.88 Å². The molecule has 248 valence electrons. The maximum absolute atomic E-state index is 11.5. The van der Waals surface area contributed by atoms with Gasteiger partial charge in [0.05, 0.1) is 23.1 Å². The van der Waals surface area contributed by atoms with Crippen molar-refractivity contribution in [3.63, 3.8) is 0 Å². The quantitative estimate of drug-likeness (QED) is 0.118. The molecule has 5 rings (SSSR count). The van der Waals surface area contributed by atoms with E-state index in [0.717, 1.165) is 45.2 Å². The Labute approximate surface area is 282 Å². The SMILES string of the molecule is Cc1cccc(C)c1-c1cc(OC[C@@H](CC(C)(C)C)NCc2cncc(N(C)C3CCC3)n2)nc(NSc2cccc(C(=O)O)c2)n1. The molecule has 3 N–H and O–H groups in total. The zero-order chi connectivity index (χ0) is 33.6. The maximum Gasteiger partial charge on any atom is 0.335 e. The number of nitrogens with one attached hydrogen (secondary N) is 2. The highest BCUT2D eigenvalue weighted by molar-refractivity contribution is 8.00. The summed E-state index contributed by atoms with van der Waals surface area (Å²) in [5, 5.41) is 13.1. The Morgan fingerprint density at radius 3 is 2.49 bits per heavy atom. The number of anilines is 2. The molecule has 1 aliphatic rings. The van der Waals surface area contributed by atoms with Gasteiger partial charge in [-0.25, -0.2) is 14.8 Å². The van der Waals surface area contributed by atoms with Crippen molar-refractivity contribution < 1.29 is 14.6 Å². The van der Waals surface area contributed by atoms with Crippen LogP contribution in [0, 0.1) is 19.3 Å². The minimum Gasteiger partial charge on any atom is -0.478 e. The summed E-state index contributed by atoms with van der Waals surface area (Å²) in [5.41, 5.74) is 5.13. The van der Waals surface area contributed by atoms with Crippen LogP contribution < -0.4 is 19.7 Å². The van der Waals surface area contributed by atoms with E-state index in [2.05, 4.69) is 73.7 Å². The summed E-state index contributed by atoms with van der Waals surface area (Å²) < 4.78 is 9.62. The van der Waals surface area contributed by atoms with E-state index in [4.69, 9.17) is 19.7 Å². The van der Waals surface area contributed by atoms with E-state index in [1.807, 2.05) is 30.6 Å². The van der Waals surface area contributed by atoms with E-state index in [-0.39, 0.29) is 17.0 Å². The van der Waals surface area contributed by atoms with E-state index in [9.17, 15) is 9.90 Å². The third-order valence-electron chi connectivity index (χ3n) is 8.30. The Balaban J connectivity index is 1.34. The van der Waals surface area contributed by atoms with Gasteiger partial charge in [-0.05, 0) is 86.2 Å². The van der Waals surface area contributed by atoms with Gasteiger partial charge in [-0.2, -0.15) is 4.98 Å². The molecule has 0 bridgehead atoms. The Hall–Kier alpha value is -4.22. The van der Waals surface area contributed by atoms with Crippen LogP contribution in [0.2, 0.25) is 0 Å². The molecule has 2 aromatic heterocycles. The lowest BCUT2D eigenvalue weighted by molar-refractivity contribution is 0.0696. The number of carboxylic acids is 1. The van der Waals surface area contributed by atoms with Crippen LogP contribution in [-0.2, 0) is 6.54 Å². The number of carbonyl (C=O) groups is 1. The van der Waals surface area contributed by atoms with Gasteiger partial charge >= 0.3 is 5.97 Å². The van der Waals surface area contributed by atoms with Crippen LogP contribution in [0.25, 0.3) is 11.3 Å². The zero-order valence-electron chi connectivity index (χ0n) is 28.1. The van der Waals surface area contributed by atoms with Crippen LogP contribution in [0.15, 0.2) is 65.8 Å². The van der Waals surface area contributed by atoms with Gasteiger partial charge in [0, 0.05) is 48.4 Å². The molecule has 1 fully saturated rings. The normalized spacial score (nSPS) is 13.9. The van der Waals surface area contributed by atoms with Crippen molar-refractivity contribution in [3.05, 3.63) is 83.3 Å². The molecule has 10 nitrogen and oxygen atoms in total. The number of carboxylic acid groups (broad SMARTS) is 1. The lowest BCUT2D eigenvalue weighted by Crippen LogP contribution is -2.39. The van der Waals surface area contributed by atoms with E-state index in [1.165, 1.54) is 31.2 Å². The monoisotopic (exact) mass is 655 g/mol. The first-order valence-electron chi connectivity index (χ1n) is 16.1. The second kappa shape index (κ2) is 15.1. The molecular formula is C36H45N7O3S. The van der Waals surface area contributed by atoms with Crippen LogP contribution in [0.4, 0.5) is 11.8 Å². The number of nitrogens with zero attached hydrogens (tertiary/aromatic N) is 5. The Morgan fingerprint density at radius 2 is 1.81 bits per heavy atom. The van der Waals surface area contributed by atoms with Crippen LogP contribution in [0.1, 0.15) is 73.6 Å². The van der Waals surface area contributed by atoms with Crippen molar-refractivity contribution in [2.75, 3.05) is 23.3 Å². The molecule has 0 saturated heterocycles. The molecule has 2 aromatic carbocycles. The fourth-order valence-electron chi connectivity index (χ4n) is 5.66. The molecule has 2 heterocycles. The summed E-state index contributed by atoms with van der Waals surface area (Å²) in [5.74, 6) is 0.749. The molecule has 11 heteroatoms. The minimum absolute atomic E-state index is 0.0213. The standard InChI is InChI=1S/C36H45N7O3S/c1-23-10-7-11-24(2)33(23)30-17-32(41-35(40-30)42-47-29-15-8-12-25(16-29)34(44)45)46-22-26(18-36(3,4)5)38-20-27-19-37-21-31(39-27)43(6)28-13-9-14-28/h7-8,10-12,15-17,19,21,26,28,38H,9,13-14,18,20,22H2,1-6H3,(H,44,45)(H,40,41,42)/t26-/m1/s1. The van der Waals surface area contributed by atoms with E-state index in [1.54, 1.807) is 18.2 Å². The number of aromatic nitrogens is 4. The van der Waals surface area contributed by atoms with Gasteiger partial charge in [0.25, 0.3) is 0 Å². The largest absolute Gasteiger partial charge is 0.478 e. The lowest BCUT2D eigenvalue weighted by atomic mass is 9.88. The van der Waals surface area contributed by atoms with Gasteiger partial charge in [0.1, 0.15) is 12.4 Å². The number of benzene rings is 2. The topological polar surface area (TPSA) is 125 Å². The van der Waals surface area contributed by atoms with Crippen LogP contribution >= 0.6 is 11.9 Å². The van der Waals surface area contributed by atoms with Gasteiger partial charge in [0.2, 0.25) is 11.8 Å². The molecular weight excluding hydrogens is 611 g/mol. The number of hydrogen-bond acceptors (Lipinski definition) is 10. The second-order valence-corrected chi connectivity index (χ2v) is 14.3. The average Bonchev–Trinajstić information content (AvgIpc) is 3.00. The molecule has 4 aromatic rings. The summed E-state index contributed by atoms with van der Waals surface area (Å²) in [6.45, 7) is 11.8. The van der Waals surface area contributed by atoms with Crippen molar-refractivity contribution >= 4 is 29.7 Å². The minimum atomic E-state index is -0.976. The first-order valence-corrected chi connectivity index (χ1v) is 16.9. The summed E-state index contributed by atoms with van der Waals surface area (Å²) in [6.07, 6.45) is 8.21. The van der Waals surface area contributed by atoms with Crippen LogP contribution in [-0.4, -0.2) is 56.7 Å². The van der Waals surface area contributed by atoms with Gasteiger partial charge in [-0.3, -0.25) is 9.71 Å². The highest BCUT2D eigenvalue weighted by Crippen LogP contribution is 2.31. The first-order chi connectivity index (χ1) is 22.4. The number of rotatable bonds is 14. The summed E-state index contributed by atoms with van der Waals surface area (Å²) in [7, 11) is 2.10. The molecule has 0 amide bonds. The Morgan fingerprint density at radius 1 is 1.06 bits per heavy atom. The van der Waals surface area contributed by atoms with E-state index >= 15 is 0 Å². The van der Waals surface area contributed by atoms with E-state index in [0.29, 0.717) is 31.0 Å². The van der Waals surface area contributed by atoms with Gasteiger partial charge in [0.15, 0.2) is 0 Å². The number of hydrogen-bond donors (Lipinski definition) is 3. The first kappa shape index (κ1) is 34.1. The second-order valence-electron chi connectivity index (χ2n) is 13.4. The van der Waals surface area contributed by atoms with Crippen molar-refractivity contribution in [1.82, 2.24) is 25.3 Å². The number of aryl methyl sites for hydroxylation is 2. The van der Waals surface area contributed by atoms with Crippen molar-refractivity contribution in [2.45, 2.75) is 83.8 Å². The van der Waals surface area contributed by atoms with Crippen molar-refractivity contribution in [2.24, 2.45) is 5.41 Å². The molecule has 47 heavy (non-hydrogen) atoms. The molecule has 1 atom stereocenters. The Bertz CT molecular complexity index is 1670. The Kier molecular flexibility index (Phi) is 11.0. The molecule has 1 saturated carbocycles. The zero-order valence-corrected chi connectivity index (χ0v) is 28.9. The van der Waals surface area contributed by atoms with Crippen LogP contribution in [0.3, 0.4) is 0 Å². The fourth-order valence-corrected chi connectivity index (χ4v) is 6.30. The third-order valence-corrected chi connectivity index (χ3v) is 9.07. The summed E-state index contributed by atoms with van der Waals surface area (Å²) in [6, 6.07) is 15.3. The summed E-state index contributed by atoms with van der Waals surface area (Å²) in [4.78, 5) is 33.3. The van der Waals surface area contributed by atoms with Gasteiger partial charge < -0.3 is 20.1 Å². The molecule has 0 spiro atoms.